The summed E-state index contributed by atoms with van der Waals surface area (Å²) in [6, 6.07) is 0. The van der Waals surface area contributed by atoms with E-state index in [2.05, 4.69) is 33.0 Å². The second kappa shape index (κ2) is 4.73. The first kappa shape index (κ1) is 9.96. The largest absolute Gasteiger partial charge is 0.312 e. The van der Waals surface area contributed by atoms with Gasteiger partial charge in [0.1, 0.15) is 0 Å². The molecule has 0 fully saturated rings. The lowest BCUT2D eigenvalue weighted by Gasteiger charge is -2.25. The van der Waals surface area contributed by atoms with E-state index in [4.69, 9.17) is 0 Å². The fourth-order valence-corrected chi connectivity index (χ4v) is 1.18. The molecule has 0 atom stereocenters. The minimum Gasteiger partial charge on any atom is -0.312 e. The molecule has 10 heavy (non-hydrogen) atoms. The van der Waals surface area contributed by atoms with Gasteiger partial charge in [-0.25, -0.2) is 0 Å². The molecular weight excluding hydrogens is 122 g/mol. The van der Waals surface area contributed by atoms with Gasteiger partial charge >= 0.3 is 0 Å². The molecule has 0 radical (unpaired) electrons. The average Bonchev–Trinajstić information content (AvgIpc) is 1.84. The van der Waals surface area contributed by atoms with Crippen LogP contribution in [0.25, 0.3) is 0 Å². The molecule has 0 aliphatic heterocycles. The van der Waals surface area contributed by atoms with Crippen LogP contribution in [0, 0.1) is 0 Å². The number of nitrogens with one attached hydrogen (secondary N) is 1. The fraction of sp³-hybridized carbons (Fsp3) is 1.00. The molecule has 0 aromatic heterocycles. The number of rotatable bonds is 5. The molecule has 1 N–H and O–H groups in total. The standard InChI is InChI=1S/C9H21N/c1-5-7-9(3,4)10-8-6-2/h10H,5-8H2,1-4H3. The van der Waals surface area contributed by atoms with Gasteiger partial charge in [0.2, 0.25) is 0 Å². The van der Waals surface area contributed by atoms with Crippen molar-refractivity contribution in [1.29, 1.82) is 0 Å². The van der Waals surface area contributed by atoms with Gasteiger partial charge in [0, 0.05) is 5.54 Å². The van der Waals surface area contributed by atoms with Crippen molar-refractivity contribution in [3.05, 3.63) is 0 Å². The molecule has 62 valence electrons. The summed E-state index contributed by atoms with van der Waals surface area (Å²) in [6.07, 6.45) is 3.77. The lowest BCUT2D eigenvalue weighted by atomic mass is 9.99. The SMILES string of the molecule is CCCNC(C)(C)CCC. The molecule has 0 rings (SSSR count). The first-order valence-electron chi connectivity index (χ1n) is 4.37. The summed E-state index contributed by atoms with van der Waals surface area (Å²) >= 11 is 0. The second-order valence-corrected chi connectivity index (χ2v) is 3.56. The fourth-order valence-electron chi connectivity index (χ4n) is 1.18. The molecule has 0 aromatic carbocycles. The Bertz CT molecular complexity index is 76.8. The second-order valence-electron chi connectivity index (χ2n) is 3.56. The summed E-state index contributed by atoms with van der Waals surface area (Å²) in [4.78, 5) is 0. The Morgan fingerprint density at radius 2 is 1.70 bits per heavy atom. The molecule has 0 spiro atoms. The third kappa shape index (κ3) is 4.80. The van der Waals surface area contributed by atoms with Crippen LogP contribution in [0.4, 0.5) is 0 Å². The van der Waals surface area contributed by atoms with Crippen molar-refractivity contribution >= 4 is 0 Å². The van der Waals surface area contributed by atoms with Crippen molar-refractivity contribution in [3.8, 4) is 0 Å². The van der Waals surface area contributed by atoms with Gasteiger partial charge in [0.05, 0.1) is 0 Å². The molecule has 0 amide bonds. The van der Waals surface area contributed by atoms with Crippen LogP contribution < -0.4 is 5.32 Å². The highest BCUT2D eigenvalue weighted by atomic mass is 14.9. The van der Waals surface area contributed by atoms with Crippen molar-refractivity contribution in [2.45, 2.75) is 52.5 Å². The van der Waals surface area contributed by atoms with E-state index in [1.807, 2.05) is 0 Å². The highest BCUT2D eigenvalue weighted by Crippen LogP contribution is 2.09. The van der Waals surface area contributed by atoms with Gasteiger partial charge in [-0.05, 0) is 33.2 Å². The zero-order chi connectivity index (χ0) is 8.04. The quantitative estimate of drug-likeness (QED) is 0.623. The lowest BCUT2D eigenvalue weighted by Crippen LogP contribution is -2.39. The van der Waals surface area contributed by atoms with Crippen molar-refractivity contribution in [2.75, 3.05) is 6.54 Å². The maximum atomic E-state index is 3.51. The van der Waals surface area contributed by atoms with Crippen LogP contribution in [-0.2, 0) is 0 Å². The van der Waals surface area contributed by atoms with Gasteiger partial charge in [-0.3, -0.25) is 0 Å². The summed E-state index contributed by atoms with van der Waals surface area (Å²) < 4.78 is 0. The van der Waals surface area contributed by atoms with Crippen LogP contribution in [0.2, 0.25) is 0 Å². The van der Waals surface area contributed by atoms with E-state index < -0.39 is 0 Å². The minimum absolute atomic E-state index is 0.352. The summed E-state index contributed by atoms with van der Waals surface area (Å²) in [5.74, 6) is 0. The van der Waals surface area contributed by atoms with Crippen LogP contribution in [0.15, 0.2) is 0 Å². The van der Waals surface area contributed by atoms with Crippen molar-refractivity contribution < 1.29 is 0 Å². The van der Waals surface area contributed by atoms with Gasteiger partial charge in [0.15, 0.2) is 0 Å². The number of hydrogen-bond acceptors (Lipinski definition) is 1. The normalized spacial score (nSPS) is 12.0. The molecule has 0 saturated carbocycles. The first-order chi connectivity index (χ1) is 4.62. The first-order valence-corrected chi connectivity index (χ1v) is 4.37. The summed E-state index contributed by atoms with van der Waals surface area (Å²) in [5.41, 5.74) is 0.352. The van der Waals surface area contributed by atoms with Crippen LogP contribution in [0.5, 0.6) is 0 Å². The lowest BCUT2D eigenvalue weighted by molar-refractivity contribution is 0.360. The Morgan fingerprint density at radius 1 is 1.10 bits per heavy atom. The molecule has 0 saturated heterocycles. The summed E-state index contributed by atoms with van der Waals surface area (Å²) in [5, 5.41) is 3.51. The third-order valence-electron chi connectivity index (χ3n) is 1.73. The zero-order valence-electron chi connectivity index (χ0n) is 7.83. The third-order valence-corrected chi connectivity index (χ3v) is 1.73. The minimum atomic E-state index is 0.352. The molecule has 0 unspecified atom stereocenters. The van der Waals surface area contributed by atoms with E-state index in [0.717, 1.165) is 6.54 Å². The van der Waals surface area contributed by atoms with Crippen LogP contribution >= 0.6 is 0 Å². The Kier molecular flexibility index (Phi) is 4.71. The molecule has 1 nitrogen and oxygen atoms in total. The highest BCUT2D eigenvalue weighted by Gasteiger charge is 2.13. The molecule has 0 aliphatic carbocycles. The van der Waals surface area contributed by atoms with E-state index in [1.165, 1.54) is 19.3 Å². The monoisotopic (exact) mass is 143 g/mol. The van der Waals surface area contributed by atoms with Crippen LogP contribution in [-0.4, -0.2) is 12.1 Å². The van der Waals surface area contributed by atoms with E-state index in [9.17, 15) is 0 Å². The van der Waals surface area contributed by atoms with Crippen LogP contribution in [0.1, 0.15) is 47.0 Å². The summed E-state index contributed by atoms with van der Waals surface area (Å²) in [6.45, 7) is 10.1. The van der Waals surface area contributed by atoms with Crippen LogP contribution in [0.3, 0.4) is 0 Å². The van der Waals surface area contributed by atoms with Gasteiger partial charge in [0.25, 0.3) is 0 Å². The van der Waals surface area contributed by atoms with E-state index >= 15 is 0 Å². The molecule has 0 aromatic rings. The molecular formula is C9H21N. The van der Waals surface area contributed by atoms with Gasteiger partial charge in [-0.1, -0.05) is 20.3 Å². The van der Waals surface area contributed by atoms with Crippen molar-refractivity contribution in [1.82, 2.24) is 5.32 Å². The van der Waals surface area contributed by atoms with E-state index in [1.54, 1.807) is 0 Å². The Balaban J connectivity index is 3.42. The molecule has 0 bridgehead atoms. The number of hydrogen-bond donors (Lipinski definition) is 1. The van der Waals surface area contributed by atoms with Gasteiger partial charge in [-0.15, -0.1) is 0 Å². The van der Waals surface area contributed by atoms with Crippen molar-refractivity contribution in [3.63, 3.8) is 0 Å². The topological polar surface area (TPSA) is 12.0 Å². The van der Waals surface area contributed by atoms with Gasteiger partial charge < -0.3 is 5.32 Å². The predicted octanol–water partition coefficient (Wildman–Crippen LogP) is 2.56. The van der Waals surface area contributed by atoms with E-state index in [-0.39, 0.29) is 0 Å². The Hall–Kier alpha value is -0.0400. The maximum absolute atomic E-state index is 3.51. The van der Waals surface area contributed by atoms with Gasteiger partial charge in [-0.2, -0.15) is 0 Å². The van der Waals surface area contributed by atoms with Crippen molar-refractivity contribution in [2.24, 2.45) is 0 Å². The Labute approximate surface area is 65.2 Å². The predicted molar refractivity (Wildman–Crippen MR) is 47.3 cm³/mol. The average molecular weight is 143 g/mol. The maximum Gasteiger partial charge on any atom is 0.0125 e. The summed E-state index contributed by atoms with van der Waals surface area (Å²) in [7, 11) is 0. The molecule has 0 aliphatic rings. The Morgan fingerprint density at radius 3 is 2.10 bits per heavy atom. The highest BCUT2D eigenvalue weighted by molar-refractivity contribution is 4.75. The smallest absolute Gasteiger partial charge is 0.0125 e. The molecule has 0 heterocycles. The zero-order valence-corrected chi connectivity index (χ0v) is 7.83. The molecule has 1 heteroatoms. The van der Waals surface area contributed by atoms with E-state index in [0.29, 0.717) is 5.54 Å².